The molecule has 7 nitrogen and oxygen atoms in total. The highest BCUT2D eigenvalue weighted by Crippen LogP contribution is 2.30. The topological polar surface area (TPSA) is 84.2 Å². The first-order chi connectivity index (χ1) is 13.0. The maximum Gasteiger partial charge on any atom is 0.263 e. The van der Waals surface area contributed by atoms with Gasteiger partial charge in [-0.15, -0.1) is 0 Å². The lowest BCUT2D eigenvalue weighted by Crippen LogP contribution is -2.41. The molecule has 0 radical (unpaired) electrons. The number of aryl methyl sites for hydroxylation is 3. The van der Waals surface area contributed by atoms with Crippen molar-refractivity contribution in [3.05, 3.63) is 41.3 Å². The first-order valence-electron chi connectivity index (χ1n) is 9.23. The van der Waals surface area contributed by atoms with Gasteiger partial charge in [-0.05, 0) is 50.8 Å². The van der Waals surface area contributed by atoms with Gasteiger partial charge in [0.15, 0.2) is 0 Å². The molecule has 2 aromatic heterocycles. The molecule has 0 saturated carbocycles. The van der Waals surface area contributed by atoms with Crippen molar-refractivity contribution in [3.63, 3.8) is 0 Å². The van der Waals surface area contributed by atoms with E-state index < -0.39 is 0 Å². The molecule has 1 fully saturated rings. The van der Waals surface area contributed by atoms with Crippen LogP contribution in [0, 0.1) is 26.7 Å². The molecule has 4 rings (SSSR count). The first kappa shape index (κ1) is 17.5. The van der Waals surface area contributed by atoms with Crippen LogP contribution in [0.15, 0.2) is 29.0 Å². The third-order valence-corrected chi connectivity index (χ3v) is 5.17. The molecule has 1 aliphatic heterocycles. The highest BCUT2D eigenvalue weighted by Gasteiger charge is 2.28. The normalized spacial score (nSPS) is 17.3. The van der Waals surface area contributed by atoms with E-state index in [1.807, 2.05) is 32.9 Å². The molecule has 0 spiro atoms. The van der Waals surface area contributed by atoms with Crippen molar-refractivity contribution in [2.45, 2.75) is 33.6 Å². The minimum atomic E-state index is -0.0937. The molecule has 0 bridgehead atoms. The summed E-state index contributed by atoms with van der Waals surface area (Å²) in [6, 6.07) is 6.10. The number of carbonyl (C=O) groups is 1. The maximum absolute atomic E-state index is 12.9. The average molecular weight is 365 g/mol. The monoisotopic (exact) mass is 365 g/mol. The van der Waals surface area contributed by atoms with E-state index in [2.05, 4.69) is 31.4 Å². The second kappa shape index (κ2) is 6.98. The molecule has 1 atom stereocenters. The van der Waals surface area contributed by atoms with Crippen molar-refractivity contribution >= 4 is 28.5 Å². The maximum atomic E-state index is 12.9. The number of carbonyl (C=O) groups excluding carboxylic acids is 1. The quantitative estimate of drug-likeness (QED) is 0.766. The Labute approximate surface area is 157 Å². The van der Waals surface area contributed by atoms with E-state index in [1.165, 1.54) is 6.33 Å². The van der Waals surface area contributed by atoms with Crippen LogP contribution >= 0.6 is 0 Å². The largest absolute Gasteiger partial charge is 0.355 e. The number of nitrogens with one attached hydrogen (secondary N) is 1. The van der Waals surface area contributed by atoms with Gasteiger partial charge in [0.25, 0.3) is 5.71 Å². The van der Waals surface area contributed by atoms with E-state index in [0.717, 1.165) is 53.1 Å². The zero-order valence-electron chi connectivity index (χ0n) is 15.8. The number of amides is 1. The predicted octanol–water partition coefficient (Wildman–Crippen LogP) is 3.40. The highest BCUT2D eigenvalue weighted by molar-refractivity contribution is 5.94. The van der Waals surface area contributed by atoms with Crippen LogP contribution in [0.2, 0.25) is 0 Å². The van der Waals surface area contributed by atoms with Crippen molar-refractivity contribution in [3.8, 4) is 0 Å². The first-order valence-corrected chi connectivity index (χ1v) is 9.23. The zero-order valence-corrected chi connectivity index (χ0v) is 15.8. The van der Waals surface area contributed by atoms with Crippen LogP contribution in [0.4, 0.5) is 11.5 Å². The molecule has 1 aliphatic rings. The third kappa shape index (κ3) is 3.37. The fourth-order valence-corrected chi connectivity index (χ4v) is 3.63. The SMILES string of the molecule is Cc1ccc(C)c(NC(=O)[C@@H]2CCCN(c3ncnc4onc(C)c34)C2)c1. The van der Waals surface area contributed by atoms with Crippen LogP contribution in [0.1, 0.15) is 29.7 Å². The van der Waals surface area contributed by atoms with E-state index in [4.69, 9.17) is 4.52 Å². The summed E-state index contributed by atoms with van der Waals surface area (Å²) in [5, 5.41) is 7.93. The van der Waals surface area contributed by atoms with Gasteiger partial charge in [0, 0.05) is 18.8 Å². The minimum Gasteiger partial charge on any atom is -0.355 e. The van der Waals surface area contributed by atoms with Crippen molar-refractivity contribution in [1.29, 1.82) is 0 Å². The van der Waals surface area contributed by atoms with Gasteiger partial charge in [-0.2, -0.15) is 4.98 Å². The molecule has 3 heterocycles. The smallest absolute Gasteiger partial charge is 0.263 e. The van der Waals surface area contributed by atoms with E-state index in [0.29, 0.717) is 12.3 Å². The Balaban J connectivity index is 1.55. The third-order valence-electron chi connectivity index (χ3n) is 5.17. The molecular weight excluding hydrogens is 342 g/mol. The number of fused-ring (bicyclic) bond motifs is 1. The van der Waals surface area contributed by atoms with Gasteiger partial charge in [0.1, 0.15) is 17.5 Å². The van der Waals surface area contributed by atoms with Crippen LogP contribution < -0.4 is 10.2 Å². The second-order valence-electron chi connectivity index (χ2n) is 7.24. The molecule has 140 valence electrons. The predicted molar refractivity (Wildman–Crippen MR) is 104 cm³/mol. The molecule has 0 aliphatic carbocycles. The van der Waals surface area contributed by atoms with Gasteiger partial charge in [-0.25, -0.2) is 4.98 Å². The number of piperidine rings is 1. The summed E-state index contributed by atoms with van der Waals surface area (Å²) in [5.74, 6) is 0.757. The van der Waals surface area contributed by atoms with Crippen LogP contribution in [0.3, 0.4) is 0 Å². The lowest BCUT2D eigenvalue weighted by molar-refractivity contribution is -0.120. The van der Waals surface area contributed by atoms with Crippen LogP contribution in [-0.2, 0) is 4.79 Å². The number of hydrogen-bond acceptors (Lipinski definition) is 6. The van der Waals surface area contributed by atoms with E-state index in [9.17, 15) is 4.79 Å². The van der Waals surface area contributed by atoms with Gasteiger partial charge < -0.3 is 14.7 Å². The van der Waals surface area contributed by atoms with Gasteiger partial charge >= 0.3 is 0 Å². The fourth-order valence-electron chi connectivity index (χ4n) is 3.63. The Hall–Kier alpha value is -2.96. The summed E-state index contributed by atoms with van der Waals surface area (Å²) in [4.78, 5) is 23.6. The molecule has 7 heteroatoms. The Kier molecular flexibility index (Phi) is 4.51. The van der Waals surface area contributed by atoms with Crippen LogP contribution in [-0.4, -0.2) is 34.1 Å². The molecule has 0 unspecified atom stereocenters. The molecule has 3 aromatic rings. The molecular formula is C20H23N5O2. The van der Waals surface area contributed by atoms with Crippen molar-refractivity contribution in [2.75, 3.05) is 23.3 Å². The number of nitrogens with zero attached hydrogens (tertiary/aromatic N) is 4. The fraction of sp³-hybridized carbons (Fsp3) is 0.400. The van der Waals surface area contributed by atoms with Crippen molar-refractivity contribution < 1.29 is 9.32 Å². The molecule has 1 aromatic carbocycles. The molecule has 1 amide bonds. The molecule has 27 heavy (non-hydrogen) atoms. The van der Waals surface area contributed by atoms with Crippen molar-refractivity contribution in [2.24, 2.45) is 5.92 Å². The summed E-state index contributed by atoms with van der Waals surface area (Å²) in [6.45, 7) is 7.39. The van der Waals surface area contributed by atoms with Crippen LogP contribution in [0.5, 0.6) is 0 Å². The summed E-state index contributed by atoms with van der Waals surface area (Å²) in [7, 11) is 0. The Morgan fingerprint density at radius 3 is 2.96 bits per heavy atom. The van der Waals surface area contributed by atoms with Gasteiger partial charge in [-0.3, -0.25) is 4.79 Å². The average Bonchev–Trinajstić information content (AvgIpc) is 3.06. The molecule has 1 saturated heterocycles. The zero-order chi connectivity index (χ0) is 19.0. The molecule has 1 N–H and O–H groups in total. The number of anilines is 2. The highest BCUT2D eigenvalue weighted by atomic mass is 16.5. The summed E-state index contributed by atoms with van der Waals surface area (Å²) < 4.78 is 5.25. The number of hydrogen-bond donors (Lipinski definition) is 1. The summed E-state index contributed by atoms with van der Waals surface area (Å²) in [6.07, 6.45) is 3.28. The van der Waals surface area contributed by atoms with Gasteiger partial charge in [0.05, 0.1) is 11.6 Å². The van der Waals surface area contributed by atoms with E-state index in [1.54, 1.807) is 0 Å². The second-order valence-corrected chi connectivity index (χ2v) is 7.24. The van der Waals surface area contributed by atoms with Crippen molar-refractivity contribution in [1.82, 2.24) is 15.1 Å². The number of benzene rings is 1. The Morgan fingerprint density at radius 1 is 1.26 bits per heavy atom. The van der Waals surface area contributed by atoms with E-state index in [-0.39, 0.29) is 11.8 Å². The minimum absolute atomic E-state index is 0.0562. The summed E-state index contributed by atoms with van der Waals surface area (Å²) in [5.41, 5.74) is 4.34. The standard InChI is InChI=1S/C20H23N5O2/c1-12-6-7-13(2)16(9-12)23-19(26)15-5-4-8-25(10-15)18-17-14(3)24-27-20(17)22-11-21-18/h6-7,9,11,15H,4-5,8,10H2,1-3H3,(H,23,26)/t15-/m1/s1. The van der Waals surface area contributed by atoms with Gasteiger partial charge in [0.2, 0.25) is 5.91 Å². The number of aromatic nitrogens is 3. The Bertz CT molecular complexity index is 997. The summed E-state index contributed by atoms with van der Waals surface area (Å²) >= 11 is 0. The Morgan fingerprint density at radius 2 is 2.11 bits per heavy atom. The van der Waals surface area contributed by atoms with Gasteiger partial charge in [-0.1, -0.05) is 17.3 Å². The van der Waals surface area contributed by atoms with Crippen LogP contribution in [0.25, 0.3) is 11.1 Å². The van der Waals surface area contributed by atoms with E-state index >= 15 is 0 Å². The number of rotatable bonds is 3. The lowest BCUT2D eigenvalue weighted by atomic mass is 9.96. The lowest BCUT2D eigenvalue weighted by Gasteiger charge is -2.33.